The molecule has 0 radical (unpaired) electrons. The number of aromatic amines is 1. The third kappa shape index (κ3) is 2.82. The highest BCUT2D eigenvalue weighted by atomic mass is 16.2. The number of likely N-dealkylation sites (tertiary alicyclic amines) is 1. The van der Waals surface area contributed by atoms with Gasteiger partial charge in [-0.3, -0.25) is 9.89 Å². The van der Waals surface area contributed by atoms with Gasteiger partial charge < -0.3 is 4.90 Å². The maximum Gasteiger partial charge on any atom is 0.225 e. The summed E-state index contributed by atoms with van der Waals surface area (Å²) in [6, 6.07) is 0. The number of aromatic nitrogens is 4. The molecule has 1 aliphatic heterocycles. The lowest BCUT2D eigenvalue weighted by molar-refractivity contribution is -0.137. The van der Waals surface area contributed by atoms with Crippen LogP contribution in [0.4, 0.5) is 0 Å². The van der Waals surface area contributed by atoms with E-state index in [1.807, 2.05) is 0 Å². The molecule has 3 heterocycles. The van der Waals surface area contributed by atoms with Crippen LogP contribution in [0.5, 0.6) is 0 Å². The summed E-state index contributed by atoms with van der Waals surface area (Å²) in [5.74, 6) is 0.906. The van der Waals surface area contributed by atoms with Gasteiger partial charge in [0.25, 0.3) is 0 Å². The van der Waals surface area contributed by atoms with Gasteiger partial charge in [0, 0.05) is 37.3 Å². The van der Waals surface area contributed by atoms with Crippen molar-refractivity contribution in [3.8, 4) is 0 Å². The molecule has 4 rings (SSSR count). The predicted molar refractivity (Wildman–Crippen MR) is 86.8 cm³/mol. The number of H-pyrrole nitrogens is 1. The Morgan fingerprint density at radius 3 is 2.78 bits per heavy atom. The van der Waals surface area contributed by atoms with Crippen LogP contribution in [0, 0.1) is 5.92 Å². The lowest BCUT2D eigenvalue weighted by Crippen LogP contribution is -2.43. The Morgan fingerprint density at radius 2 is 1.91 bits per heavy atom. The molecule has 2 aliphatic rings. The smallest absolute Gasteiger partial charge is 0.225 e. The van der Waals surface area contributed by atoms with Crippen molar-refractivity contribution in [2.75, 3.05) is 13.1 Å². The topological polar surface area (TPSA) is 74.8 Å². The SMILES string of the molecule is O=C(C1CCCCC1)N1CCC[C@@H](c2[nH]nc3nccnc23)C1. The first-order valence-corrected chi connectivity index (χ1v) is 8.76. The molecule has 23 heavy (non-hydrogen) atoms. The van der Waals surface area contributed by atoms with Crippen LogP contribution in [-0.4, -0.2) is 44.1 Å². The van der Waals surface area contributed by atoms with E-state index < -0.39 is 0 Å². The molecule has 6 nitrogen and oxygen atoms in total. The molecule has 2 aromatic heterocycles. The van der Waals surface area contributed by atoms with E-state index in [4.69, 9.17) is 0 Å². The standard InChI is InChI=1S/C17H23N5O/c23-17(12-5-2-1-3-6-12)22-10-4-7-13(11-22)14-15-16(21-20-14)19-9-8-18-15/h8-9,12-13H,1-7,10-11H2,(H,19,20,21)/t13-/m1/s1. The van der Waals surface area contributed by atoms with Gasteiger partial charge in [-0.25, -0.2) is 9.97 Å². The maximum absolute atomic E-state index is 12.8. The fourth-order valence-electron chi connectivity index (χ4n) is 4.07. The lowest BCUT2D eigenvalue weighted by atomic mass is 9.86. The molecule has 1 atom stereocenters. The monoisotopic (exact) mass is 313 g/mol. The van der Waals surface area contributed by atoms with Gasteiger partial charge >= 0.3 is 0 Å². The zero-order valence-electron chi connectivity index (χ0n) is 13.4. The second-order valence-corrected chi connectivity index (χ2v) is 6.82. The molecule has 2 aromatic rings. The van der Waals surface area contributed by atoms with Crippen LogP contribution in [0.1, 0.15) is 56.6 Å². The van der Waals surface area contributed by atoms with Gasteiger partial charge in [0.1, 0.15) is 5.52 Å². The van der Waals surface area contributed by atoms with Gasteiger partial charge in [-0.15, -0.1) is 0 Å². The van der Waals surface area contributed by atoms with E-state index in [9.17, 15) is 4.79 Å². The average molecular weight is 313 g/mol. The number of carbonyl (C=O) groups excluding carboxylic acids is 1. The fourth-order valence-corrected chi connectivity index (χ4v) is 4.07. The zero-order valence-corrected chi connectivity index (χ0v) is 13.4. The fraction of sp³-hybridized carbons (Fsp3) is 0.647. The Kier molecular flexibility index (Phi) is 3.97. The number of amides is 1. The average Bonchev–Trinajstić information content (AvgIpc) is 3.06. The molecule has 0 spiro atoms. The summed E-state index contributed by atoms with van der Waals surface area (Å²) in [6.07, 6.45) is 11.3. The largest absolute Gasteiger partial charge is 0.342 e. The summed E-state index contributed by atoms with van der Waals surface area (Å²) >= 11 is 0. The zero-order chi connectivity index (χ0) is 15.6. The first-order chi connectivity index (χ1) is 11.3. The van der Waals surface area contributed by atoms with Gasteiger partial charge in [-0.05, 0) is 25.7 Å². The van der Waals surface area contributed by atoms with Gasteiger partial charge in [0.2, 0.25) is 5.91 Å². The molecule has 1 amide bonds. The minimum atomic E-state index is 0.251. The van der Waals surface area contributed by atoms with Crippen LogP contribution >= 0.6 is 0 Å². The molecule has 0 bridgehead atoms. The molecular formula is C17H23N5O. The van der Waals surface area contributed by atoms with Gasteiger partial charge in [-0.2, -0.15) is 5.10 Å². The quantitative estimate of drug-likeness (QED) is 0.925. The highest BCUT2D eigenvalue weighted by Gasteiger charge is 2.31. The summed E-state index contributed by atoms with van der Waals surface area (Å²) in [7, 11) is 0. The normalized spacial score (nSPS) is 23.3. The summed E-state index contributed by atoms with van der Waals surface area (Å²) in [4.78, 5) is 23.5. The number of hydrogen-bond donors (Lipinski definition) is 1. The van der Waals surface area contributed by atoms with E-state index >= 15 is 0 Å². The van der Waals surface area contributed by atoms with Crippen molar-refractivity contribution >= 4 is 17.1 Å². The van der Waals surface area contributed by atoms with Crippen molar-refractivity contribution in [3.05, 3.63) is 18.1 Å². The van der Waals surface area contributed by atoms with Gasteiger partial charge in [-0.1, -0.05) is 19.3 Å². The summed E-state index contributed by atoms with van der Waals surface area (Å²) in [5.41, 5.74) is 2.55. The van der Waals surface area contributed by atoms with E-state index in [1.165, 1.54) is 19.3 Å². The van der Waals surface area contributed by atoms with Gasteiger partial charge in [0.15, 0.2) is 5.65 Å². The van der Waals surface area contributed by atoms with E-state index in [2.05, 4.69) is 25.1 Å². The first kappa shape index (κ1) is 14.6. The Balaban J connectivity index is 1.51. The third-order valence-corrected chi connectivity index (χ3v) is 5.31. The highest BCUT2D eigenvalue weighted by molar-refractivity contribution is 5.79. The Bertz CT molecular complexity index is 691. The van der Waals surface area contributed by atoms with Crippen LogP contribution in [0.2, 0.25) is 0 Å². The van der Waals surface area contributed by atoms with E-state index in [1.54, 1.807) is 12.4 Å². The molecule has 0 aromatic carbocycles. The van der Waals surface area contributed by atoms with Gasteiger partial charge in [0.05, 0.1) is 5.69 Å². The van der Waals surface area contributed by atoms with Crippen molar-refractivity contribution < 1.29 is 4.79 Å². The van der Waals surface area contributed by atoms with Crippen LogP contribution in [0.3, 0.4) is 0 Å². The number of nitrogens with zero attached hydrogens (tertiary/aromatic N) is 4. The second-order valence-electron chi connectivity index (χ2n) is 6.82. The predicted octanol–water partition coefficient (Wildman–Crippen LogP) is 2.64. The molecular weight excluding hydrogens is 290 g/mol. The van der Waals surface area contributed by atoms with Crippen LogP contribution in [0.25, 0.3) is 11.2 Å². The Morgan fingerprint density at radius 1 is 1.09 bits per heavy atom. The first-order valence-electron chi connectivity index (χ1n) is 8.76. The van der Waals surface area contributed by atoms with E-state index in [0.29, 0.717) is 11.6 Å². The van der Waals surface area contributed by atoms with Crippen molar-refractivity contribution in [3.63, 3.8) is 0 Å². The van der Waals surface area contributed by atoms with Crippen LogP contribution in [0.15, 0.2) is 12.4 Å². The van der Waals surface area contributed by atoms with Crippen molar-refractivity contribution in [1.29, 1.82) is 0 Å². The van der Waals surface area contributed by atoms with Crippen LogP contribution < -0.4 is 0 Å². The minimum absolute atomic E-state index is 0.251. The summed E-state index contributed by atoms with van der Waals surface area (Å²) in [6.45, 7) is 1.67. The number of carbonyl (C=O) groups is 1. The maximum atomic E-state index is 12.8. The van der Waals surface area contributed by atoms with Crippen LogP contribution in [-0.2, 0) is 4.79 Å². The van der Waals surface area contributed by atoms with Crippen molar-refractivity contribution in [1.82, 2.24) is 25.1 Å². The summed E-state index contributed by atoms with van der Waals surface area (Å²) in [5, 5.41) is 7.36. The molecule has 2 fully saturated rings. The van der Waals surface area contributed by atoms with Crippen molar-refractivity contribution in [2.24, 2.45) is 5.92 Å². The number of rotatable bonds is 2. The number of piperidine rings is 1. The molecule has 1 saturated heterocycles. The number of fused-ring (bicyclic) bond motifs is 1. The Hall–Kier alpha value is -1.98. The highest BCUT2D eigenvalue weighted by Crippen LogP contribution is 2.32. The lowest BCUT2D eigenvalue weighted by Gasteiger charge is -2.35. The molecule has 1 aliphatic carbocycles. The second kappa shape index (κ2) is 6.26. The summed E-state index contributed by atoms with van der Waals surface area (Å²) < 4.78 is 0. The molecule has 122 valence electrons. The molecule has 1 saturated carbocycles. The van der Waals surface area contributed by atoms with Crippen molar-refractivity contribution in [2.45, 2.75) is 50.9 Å². The Labute approximate surface area is 135 Å². The molecule has 6 heteroatoms. The third-order valence-electron chi connectivity index (χ3n) is 5.31. The molecule has 0 unspecified atom stereocenters. The van der Waals surface area contributed by atoms with E-state index in [0.717, 1.165) is 50.0 Å². The number of hydrogen-bond acceptors (Lipinski definition) is 4. The minimum Gasteiger partial charge on any atom is -0.342 e. The van der Waals surface area contributed by atoms with E-state index in [-0.39, 0.29) is 11.8 Å². The number of nitrogens with one attached hydrogen (secondary N) is 1. The molecule has 1 N–H and O–H groups in total.